The Labute approximate surface area is 224 Å². The Morgan fingerprint density at radius 3 is 2.62 bits per heavy atom. The van der Waals surface area contributed by atoms with Gasteiger partial charge < -0.3 is 9.47 Å². The molecule has 37 heavy (non-hydrogen) atoms. The van der Waals surface area contributed by atoms with Crippen LogP contribution in [0.4, 0.5) is 5.69 Å². The fourth-order valence-corrected chi connectivity index (χ4v) is 5.73. The van der Waals surface area contributed by atoms with E-state index in [1.54, 1.807) is 12.1 Å². The third-order valence-electron chi connectivity index (χ3n) is 5.76. The molecule has 0 unspecified atom stereocenters. The molecule has 1 aliphatic heterocycles. The van der Waals surface area contributed by atoms with E-state index < -0.39 is 16.9 Å². The summed E-state index contributed by atoms with van der Waals surface area (Å²) in [5, 5.41) is 11.7. The van der Waals surface area contributed by atoms with Gasteiger partial charge >= 0.3 is 11.7 Å². The zero-order valence-corrected chi connectivity index (χ0v) is 22.8. The average Bonchev–Trinajstić information content (AvgIpc) is 3.20. The summed E-state index contributed by atoms with van der Waals surface area (Å²) in [6.45, 7) is 4.13. The number of carbonyl (C=O) groups excluding carboxylic acids is 1. The Bertz CT molecular complexity index is 1580. The van der Waals surface area contributed by atoms with Crippen LogP contribution in [0.5, 0.6) is 5.75 Å². The van der Waals surface area contributed by atoms with Crippen molar-refractivity contribution in [3.8, 4) is 5.75 Å². The number of nitro benzene ring substituents is 1. The number of thiazole rings is 1. The van der Waals surface area contributed by atoms with Crippen molar-refractivity contribution in [1.82, 2.24) is 4.57 Å². The lowest BCUT2D eigenvalue weighted by Gasteiger charge is -2.25. The molecule has 1 aromatic heterocycles. The lowest BCUT2D eigenvalue weighted by Crippen LogP contribution is -2.40. The number of carbonyl (C=O) groups is 1. The average molecular weight is 586 g/mol. The number of benzene rings is 2. The van der Waals surface area contributed by atoms with Crippen molar-refractivity contribution in [3.63, 3.8) is 0 Å². The van der Waals surface area contributed by atoms with Gasteiger partial charge in [-0.15, -0.1) is 0 Å². The van der Waals surface area contributed by atoms with Gasteiger partial charge in [0.1, 0.15) is 0 Å². The zero-order chi connectivity index (χ0) is 26.7. The van der Waals surface area contributed by atoms with Crippen molar-refractivity contribution < 1.29 is 19.2 Å². The first-order valence-corrected chi connectivity index (χ1v) is 13.2. The van der Waals surface area contributed by atoms with Crippen LogP contribution in [0.3, 0.4) is 0 Å². The Hall–Kier alpha value is -3.57. The molecule has 0 fully saturated rings. The van der Waals surface area contributed by atoms with Crippen LogP contribution in [0.25, 0.3) is 6.08 Å². The number of methoxy groups -OCH3 is 1. The van der Waals surface area contributed by atoms with Gasteiger partial charge in [-0.1, -0.05) is 55.5 Å². The van der Waals surface area contributed by atoms with E-state index in [2.05, 4.69) is 20.9 Å². The molecule has 0 bridgehead atoms. The highest BCUT2D eigenvalue weighted by atomic mass is 79.9. The van der Waals surface area contributed by atoms with Crippen molar-refractivity contribution in [2.24, 2.45) is 4.99 Å². The fraction of sp³-hybridized carbons (Fsp3) is 0.269. The molecule has 1 atom stereocenters. The van der Waals surface area contributed by atoms with E-state index in [0.717, 1.165) is 16.9 Å². The third-order valence-corrected chi connectivity index (χ3v) is 7.33. The molecule has 192 valence electrons. The van der Waals surface area contributed by atoms with E-state index in [9.17, 15) is 19.7 Å². The normalized spacial score (nSPS) is 15.2. The Morgan fingerprint density at radius 1 is 1.27 bits per heavy atom. The van der Waals surface area contributed by atoms with Gasteiger partial charge in [0, 0.05) is 6.07 Å². The molecular formula is C26H24BrN3O6S. The molecular weight excluding hydrogens is 562 g/mol. The summed E-state index contributed by atoms with van der Waals surface area (Å²) >= 11 is 4.53. The largest absolute Gasteiger partial charge is 0.486 e. The third kappa shape index (κ3) is 5.14. The van der Waals surface area contributed by atoms with Crippen LogP contribution in [-0.2, 0) is 9.53 Å². The highest BCUT2D eigenvalue weighted by molar-refractivity contribution is 9.10. The second-order valence-electron chi connectivity index (χ2n) is 8.16. The van der Waals surface area contributed by atoms with Gasteiger partial charge in [-0.25, -0.2) is 9.79 Å². The van der Waals surface area contributed by atoms with Gasteiger partial charge in [-0.2, -0.15) is 0 Å². The number of halogens is 1. The SMILES string of the molecule is CCCOc1c(Br)cc(/C=c2/sc3n(c2=O)[C@H](c2ccccc2)C(C(=O)OC)=C(CC)N=3)cc1[N+](=O)[O-]. The van der Waals surface area contributed by atoms with E-state index >= 15 is 0 Å². The maximum atomic E-state index is 13.7. The molecule has 2 aromatic carbocycles. The molecule has 0 amide bonds. The van der Waals surface area contributed by atoms with Gasteiger partial charge in [0.25, 0.3) is 5.56 Å². The molecule has 9 nitrogen and oxygen atoms in total. The Kier molecular flexibility index (Phi) is 8.03. The zero-order valence-electron chi connectivity index (χ0n) is 20.4. The van der Waals surface area contributed by atoms with E-state index in [1.165, 1.54) is 17.7 Å². The lowest BCUT2D eigenvalue weighted by molar-refractivity contribution is -0.386. The van der Waals surface area contributed by atoms with Crippen LogP contribution in [-0.4, -0.2) is 29.2 Å². The summed E-state index contributed by atoms with van der Waals surface area (Å²) in [5.41, 5.74) is 1.49. The number of ether oxygens (including phenoxy) is 2. The van der Waals surface area contributed by atoms with Crippen LogP contribution >= 0.6 is 27.3 Å². The van der Waals surface area contributed by atoms with Crippen LogP contribution in [0.15, 0.2) is 68.0 Å². The molecule has 0 saturated heterocycles. The maximum Gasteiger partial charge on any atom is 0.338 e. The molecule has 1 aliphatic rings. The summed E-state index contributed by atoms with van der Waals surface area (Å²) in [4.78, 5) is 42.8. The summed E-state index contributed by atoms with van der Waals surface area (Å²) in [7, 11) is 1.30. The predicted octanol–water partition coefficient (Wildman–Crippen LogP) is 4.26. The number of allylic oxidation sites excluding steroid dienone is 1. The van der Waals surface area contributed by atoms with Crippen molar-refractivity contribution in [2.45, 2.75) is 32.7 Å². The molecule has 0 radical (unpaired) electrons. The monoisotopic (exact) mass is 585 g/mol. The second-order valence-corrected chi connectivity index (χ2v) is 10.0. The summed E-state index contributed by atoms with van der Waals surface area (Å²) < 4.78 is 12.9. The molecule has 4 rings (SSSR count). The van der Waals surface area contributed by atoms with Crippen molar-refractivity contribution in [2.75, 3.05) is 13.7 Å². The maximum absolute atomic E-state index is 13.7. The van der Waals surface area contributed by atoms with E-state index in [-0.39, 0.29) is 17.0 Å². The van der Waals surface area contributed by atoms with Gasteiger partial charge in [0.2, 0.25) is 5.75 Å². The minimum absolute atomic E-state index is 0.143. The summed E-state index contributed by atoms with van der Waals surface area (Å²) in [5.74, 6) is -0.407. The molecule has 3 aromatic rings. The van der Waals surface area contributed by atoms with E-state index in [4.69, 9.17) is 9.47 Å². The van der Waals surface area contributed by atoms with Crippen molar-refractivity contribution in [1.29, 1.82) is 0 Å². The first kappa shape index (κ1) is 26.5. The van der Waals surface area contributed by atoms with Crippen molar-refractivity contribution >= 4 is 45.0 Å². The molecule has 0 N–H and O–H groups in total. The summed E-state index contributed by atoms with van der Waals surface area (Å²) in [6.07, 6.45) is 2.75. The Balaban J connectivity index is 1.94. The first-order chi connectivity index (χ1) is 17.8. The van der Waals surface area contributed by atoms with Gasteiger partial charge in [0.15, 0.2) is 4.80 Å². The van der Waals surface area contributed by atoms with Crippen molar-refractivity contribution in [3.05, 3.63) is 99.1 Å². The van der Waals surface area contributed by atoms with Crippen LogP contribution in [0.1, 0.15) is 43.9 Å². The van der Waals surface area contributed by atoms with Gasteiger partial charge in [-0.3, -0.25) is 19.5 Å². The molecule has 0 spiro atoms. The van der Waals surface area contributed by atoms with E-state index in [0.29, 0.717) is 50.1 Å². The number of aromatic nitrogens is 1. The highest BCUT2D eigenvalue weighted by Gasteiger charge is 2.33. The molecule has 0 aliphatic carbocycles. The van der Waals surface area contributed by atoms with Crippen LogP contribution in [0, 0.1) is 10.1 Å². The molecule has 11 heteroatoms. The predicted molar refractivity (Wildman–Crippen MR) is 143 cm³/mol. The standard InChI is InChI=1S/C26H24BrN3O6S/c1-4-11-36-23-17(27)12-15(13-19(23)30(33)34)14-20-24(31)29-22(16-9-7-6-8-10-16)21(25(32)35-3)18(5-2)28-26(29)37-20/h6-10,12-14,22H,4-5,11H2,1-3H3/b20-14+/t22-/m1/s1. The second kappa shape index (κ2) is 11.2. The minimum atomic E-state index is -0.715. The van der Waals surface area contributed by atoms with Crippen LogP contribution in [0.2, 0.25) is 0 Å². The number of nitro groups is 1. The van der Waals surface area contributed by atoms with Gasteiger partial charge in [-0.05, 0) is 52.0 Å². The number of esters is 1. The number of nitrogens with zero attached hydrogens (tertiary/aromatic N) is 3. The quantitative estimate of drug-likeness (QED) is 0.222. The first-order valence-electron chi connectivity index (χ1n) is 11.6. The smallest absolute Gasteiger partial charge is 0.338 e. The number of hydrogen-bond donors (Lipinski definition) is 0. The van der Waals surface area contributed by atoms with Crippen LogP contribution < -0.4 is 19.6 Å². The molecule has 0 saturated carbocycles. The molecule has 2 heterocycles. The minimum Gasteiger partial charge on any atom is -0.486 e. The summed E-state index contributed by atoms with van der Waals surface area (Å²) in [6, 6.07) is 11.6. The van der Waals surface area contributed by atoms with E-state index in [1.807, 2.05) is 44.2 Å². The highest BCUT2D eigenvalue weighted by Crippen LogP contribution is 2.37. The topological polar surface area (TPSA) is 113 Å². The lowest BCUT2D eigenvalue weighted by atomic mass is 9.95. The van der Waals surface area contributed by atoms with Gasteiger partial charge in [0.05, 0.1) is 45.0 Å². The Morgan fingerprint density at radius 2 is 2.00 bits per heavy atom. The number of fused-ring (bicyclic) bond motifs is 1. The number of rotatable bonds is 8. The number of hydrogen-bond acceptors (Lipinski definition) is 8. The fourth-order valence-electron chi connectivity index (χ4n) is 4.13.